The Labute approximate surface area is 134 Å². The van der Waals surface area contributed by atoms with Crippen molar-refractivity contribution in [3.8, 4) is 0 Å². The molecule has 0 fully saturated rings. The quantitative estimate of drug-likeness (QED) is 0.830. The number of hydrogen-bond donors (Lipinski definition) is 1. The largest absolute Gasteiger partial charge is 0.325 e. The molecule has 0 bridgehead atoms. The van der Waals surface area contributed by atoms with Crippen LogP contribution in [-0.2, 0) is 17.0 Å². The van der Waals surface area contributed by atoms with Crippen LogP contribution in [-0.4, -0.2) is 11.7 Å². The van der Waals surface area contributed by atoms with E-state index in [-0.39, 0.29) is 5.91 Å². The maximum atomic E-state index is 11.9. The van der Waals surface area contributed by atoms with Crippen molar-refractivity contribution >= 4 is 35.0 Å². The van der Waals surface area contributed by atoms with Gasteiger partial charge in [-0.1, -0.05) is 48.9 Å². The summed E-state index contributed by atoms with van der Waals surface area (Å²) in [6.07, 6.45) is 1.00. The van der Waals surface area contributed by atoms with Gasteiger partial charge in [-0.3, -0.25) is 4.79 Å². The number of aryl methyl sites for hydroxylation is 1. The lowest BCUT2D eigenvalue weighted by Crippen LogP contribution is -2.14. The number of carbonyl (C=O) groups is 1. The van der Waals surface area contributed by atoms with Crippen molar-refractivity contribution in [1.29, 1.82) is 0 Å². The minimum atomic E-state index is 0.0105. The molecule has 2 rings (SSSR count). The van der Waals surface area contributed by atoms with Crippen LogP contribution in [0.15, 0.2) is 48.5 Å². The Bertz CT molecular complexity index is 598. The Kier molecular flexibility index (Phi) is 6.15. The van der Waals surface area contributed by atoms with Crippen molar-refractivity contribution in [3.05, 3.63) is 64.7 Å². The van der Waals surface area contributed by atoms with E-state index in [1.807, 2.05) is 48.5 Å². The highest BCUT2D eigenvalue weighted by Crippen LogP contribution is 2.20. The molecule has 0 aliphatic carbocycles. The van der Waals surface area contributed by atoms with Gasteiger partial charge in [0.15, 0.2) is 0 Å². The maximum Gasteiger partial charge on any atom is 0.234 e. The molecular formula is C17H18ClNOS. The van der Waals surface area contributed by atoms with E-state index in [2.05, 4.69) is 12.2 Å². The van der Waals surface area contributed by atoms with E-state index in [0.29, 0.717) is 5.75 Å². The molecule has 0 saturated heterocycles. The van der Waals surface area contributed by atoms with Gasteiger partial charge in [-0.2, -0.15) is 0 Å². The number of nitrogens with one attached hydrogen (secondary N) is 1. The standard InChI is InChI=1S/C17H18ClNOS/c1-2-13-7-9-15(10-8-13)19-17(20)12-21-11-14-5-3-4-6-16(14)18/h3-10H,2,11-12H2,1H3,(H,19,20). The van der Waals surface area contributed by atoms with Crippen LogP contribution < -0.4 is 5.32 Å². The maximum absolute atomic E-state index is 11.9. The fraction of sp³-hybridized carbons (Fsp3) is 0.235. The second-order valence-electron chi connectivity index (χ2n) is 4.68. The summed E-state index contributed by atoms with van der Waals surface area (Å²) in [5, 5.41) is 3.65. The number of amides is 1. The van der Waals surface area contributed by atoms with Crippen molar-refractivity contribution in [2.45, 2.75) is 19.1 Å². The zero-order chi connectivity index (χ0) is 15.1. The smallest absolute Gasteiger partial charge is 0.234 e. The summed E-state index contributed by atoms with van der Waals surface area (Å²) in [6, 6.07) is 15.7. The normalized spacial score (nSPS) is 10.4. The van der Waals surface area contributed by atoms with Gasteiger partial charge in [0.25, 0.3) is 0 Å². The molecule has 0 aromatic heterocycles. The highest BCUT2D eigenvalue weighted by Gasteiger charge is 2.04. The number of anilines is 1. The first-order valence-electron chi connectivity index (χ1n) is 6.89. The molecule has 4 heteroatoms. The van der Waals surface area contributed by atoms with Crippen molar-refractivity contribution in [1.82, 2.24) is 0 Å². The lowest BCUT2D eigenvalue weighted by atomic mass is 10.1. The Hall–Kier alpha value is -1.45. The van der Waals surface area contributed by atoms with Gasteiger partial charge in [0, 0.05) is 16.5 Å². The van der Waals surface area contributed by atoms with Gasteiger partial charge in [-0.25, -0.2) is 0 Å². The summed E-state index contributed by atoms with van der Waals surface area (Å²) in [5.41, 5.74) is 3.17. The van der Waals surface area contributed by atoms with Crippen molar-refractivity contribution in [2.24, 2.45) is 0 Å². The van der Waals surface area contributed by atoms with Gasteiger partial charge in [-0.15, -0.1) is 11.8 Å². The number of hydrogen-bond acceptors (Lipinski definition) is 2. The molecule has 110 valence electrons. The molecule has 0 spiro atoms. The van der Waals surface area contributed by atoms with Gasteiger partial charge < -0.3 is 5.32 Å². The van der Waals surface area contributed by atoms with Gasteiger partial charge >= 0.3 is 0 Å². The molecule has 1 N–H and O–H groups in total. The fourth-order valence-corrected chi connectivity index (χ4v) is 3.00. The van der Waals surface area contributed by atoms with E-state index in [1.54, 1.807) is 11.8 Å². The van der Waals surface area contributed by atoms with Crippen molar-refractivity contribution in [3.63, 3.8) is 0 Å². The molecule has 21 heavy (non-hydrogen) atoms. The average molecular weight is 320 g/mol. The molecule has 0 unspecified atom stereocenters. The minimum absolute atomic E-state index is 0.0105. The fourth-order valence-electron chi connectivity index (χ4n) is 1.89. The van der Waals surface area contributed by atoms with Crippen LogP contribution in [0.1, 0.15) is 18.1 Å². The number of thioether (sulfide) groups is 1. The topological polar surface area (TPSA) is 29.1 Å². The highest BCUT2D eigenvalue weighted by atomic mass is 35.5. The van der Waals surface area contributed by atoms with Gasteiger partial charge in [0.1, 0.15) is 0 Å². The molecule has 0 aliphatic heterocycles. The zero-order valence-corrected chi connectivity index (χ0v) is 13.5. The molecule has 0 saturated carbocycles. The molecule has 2 aromatic carbocycles. The summed E-state index contributed by atoms with van der Waals surface area (Å²) in [4.78, 5) is 11.9. The summed E-state index contributed by atoms with van der Waals surface area (Å²) in [6.45, 7) is 2.11. The molecule has 2 aromatic rings. The van der Waals surface area contributed by atoms with Gasteiger partial charge in [-0.05, 0) is 35.7 Å². The first-order valence-corrected chi connectivity index (χ1v) is 8.42. The lowest BCUT2D eigenvalue weighted by Gasteiger charge is -2.07. The van der Waals surface area contributed by atoms with Crippen LogP contribution >= 0.6 is 23.4 Å². The first kappa shape index (κ1) is 15.9. The molecular weight excluding hydrogens is 302 g/mol. The van der Waals surface area contributed by atoms with Crippen LogP contribution in [0, 0.1) is 0 Å². The molecule has 0 radical (unpaired) electrons. The minimum Gasteiger partial charge on any atom is -0.325 e. The summed E-state index contributed by atoms with van der Waals surface area (Å²) < 4.78 is 0. The SMILES string of the molecule is CCc1ccc(NC(=O)CSCc2ccccc2Cl)cc1. The van der Waals surface area contributed by atoms with E-state index in [1.165, 1.54) is 5.56 Å². The van der Waals surface area contributed by atoms with E-state index in [9.17, 15) is 4.79 Å². The number of halogens is 1. The zero-order valence-electron chi connectivity index (χ0n) is 11.9. The highest BCUT2D eigenvalue weighted by molar-refractivity contribution is 7.99. The lowest BCUT2D eigenvalue weighted by molar-refractivity contribution is -0.113. The van der Waals surface area contributed by atoms with Gasteiger partial charge in [0.05, 0.1) is 5.75 Å². The summed E-state index contributed by atoms with van der Waals surface area (Å²) >= 11 is 7.64. The van der Waals surface area contributed by atoms with Crippen molar-refractivity contribution in [2.75, 3.05) is 11.1 Å². The van der Waals surface area contributed by atoms with Gasteiger partial charge in [0.2, 0.25) is 5.91 Å². The number of rotatable bonds is 6. The predicted octanol–water partition coefficient (Wildman–Crippen LogP) is 4.77. The van der Waals surface area contributed by atoms with E-state index in [0.717, 1.165) is 28.4 Å². The molecule has 2 nitrogen and oxygen atoms in total. The van der Waals surface area contributed by atoms with Crippen LogP contribution in [0.5, 0.6) is 0 Å². The third-order valence-electron chi connectivity index (χ3n) is 3.09. The van der Waals surface area contributed by atoms with Crippen LogP contribution in [0.4, 0.5) is 5.69 Å². The summed E-state index contributed by atoms with van der Waals surface area (Å²) in [7, 11) is 0. The second-order valence-corrected chi connectivity index (χ2v) is 6.08. The molecule has 0 heterocycles. The van der Waals surface area contributed by atoms with E-state index < -0.39 is 0 Å². The Morgan fingerprint density at radius 1 is 1.14 bits per heavy atom. The monoisotopic (exact) mass is 319 g/mol. The third-order valence-corrected chi connectivity index (χ3v) is 4.44. The first-order chi connectivity index (χ1) is 10.2. The van der Waals surface area contributed by atoms with E-state index >= 15 is 0 Å². The molecule has 0 aliphatic rings. The van der Waals surface area contributed by atoms with E-state index in [4.69, 9.17) is 11.6 Å². The number of benzene rings is 2. The average Bonchev–Trinajstić information content (AvgIpc) is 2.50. The predicted molar refractivity (Wildman–Crippen MR) is 92.1 cm³/mol. The third kappa shape index (κ3) is 5.10. The Morgan fingerprint density at radius 3 is 2.52 bits per heavy atom. The van der Waals surface area contributed by atoms with Crippen molar-refractivity contribution < 1.29 is 4.79 Å². The van der Waals surface area contributed by atoms with Crippen LogP contribution in [0.2, 0.25) is 5.02 Å². The second kappa shape index (κ2) is 8.11. The Morgan fingerprint density at radius 2 is 1.86 bits per heavy atom. The van der Waals surface area contributed by atoms with Crippen LogP contribution in [0.3, 0.4) is 0 Å². The number of carbonyl (C=O) groups excluding carboxylic acids is 1. The molecule has 1 amide bonds. The van der Waals surface area contributed by atoms with Crippen LogP contribution in [0.25, 0.3) is 0 Å². The summed E-state index contributed by atoms with van der Waals surface area (Å²) in [5.74, 6) is 1.17. The Balaban J connectivity index is 1.78. The molecule has 0 atom stereocenters.